The number of carbonyl (C=O) groups excluding carboxylic acids is 1. The van der Waals surface area contributed by atoms with Gasteiger partial charge in [-0.2, -0.15) is 0 Å². The minimum atomic E-state index is 0.0705. The molecule has 0 aliphatic rings. The first-order chi connectivity index (χ1) is 13.5. The van der Waals surface area contributed by atoms with Crippen LogP contribution in [0.25, 0.3) is 10.2 Å². The van der Waals surface area contributed by atoms with Crippen molar-refractivity contribution in [3.63, 3.8) is 0 Å². The van der Waals surface area contributed by atoms with Crippen molar-refractivity contribution in [3.8, 4) is 0 Å². The summed E-state index contributed by atoms with van der Waals surface area (Å²) in [7, 11) is 0. The molecule has 0 spiro atoms. The summed E-state index contributed by atoms with van der Waals surface area (Å²) in [6.07, 6.45) is 0.370. The van der Waals surface area contributed by atoms with E-state index in [1.165, 1.54) is 11.3 Å². The van der Waals surface area contributed by atoms with Gasteiger partial charge in [-0.15, -0.1) is 0 Å². The number of thiazole rings is 1. The second kappa shape index (κ2) is 9.50. The molecule has 3 rings (SSSR count). The molecule has 0 N–H and O–H groups in total. The molecule has 0 saturated heterocycles. The van der Waals surface area contributed by atoms with E-state index in [0.29, 0.717) is 18.0 Å². The molecule has 0 aliphatic heterocycles. The van der Waals surface area contributed by atoms with Gasteiger partial charge >= 0.3 is 0 Å². The van der Waals surface area contributed by atoms with Crippen molar-refractivity contribution in [1.82, 2.24) is 9.88 Å². The lowest BCUT2D eigenvalue weighted by Gasteiger charge is -2.24. The highest BCUT2D eigenvalue weighted by molar-refractivity contribution is 7.22. The Hall–Kier alpha value is -1.95. The molecule has 3 aromatic rings. The van der Waals surface area contributed by atoms with Crippen LogP contribution in [0.4, 0.5) is 5.13 Å². The standard InChI is InChI=1S/C22H26ClN3OS/c1-4-25(5-2)11-12-26(20(27)14-17-9-7-6-8-10-17)22-24-21-16(3)13-18(23)15-19(21)28-22/h6-10,13,15H,4-5,11-12,14H2,1-3H3. The van der Waals surface area contributed by atoms with E-state index in [1.54, 1.807) is 0 Å². The zero-order valence-electron chi connectivity index (χ0n) is 16.6. The third-order valence-corrected chi connectivity index (χ3v) is 6.15. The molecule has 4 nitrogen and oxygen atoms in total. The Bertz CT molecular complexity index is 938. The lowest BCUT2D eigenvalue weighted by molar-refractivity contribution is -0.118. The van der Waals surface area contributed by atoms with Crippen molar-refractivity contribution in [2.24, 2.45) is 0 Å². The van der Waals surface area contributed by atoms with Gasteiger partial charge in [-0.25, -0.2) is 4.98 Å². The summed E-state index contributed by atoms with van der Waals surface area (Å²) in [5, 5.41) is 1.44. The van der Waals surface area contributed by atoms with Gasteiger partial charge in [0.1, 0.15) is 0 Å². The largest absolute Gasteiger partial charge is 0.302 e. The summed E-state index contributed by atoms with van der Waals surface area (Å²) in [6, 6.07) is 13.7. The molecule has 0 bridgehead atoms. The van der Waals surface area contributed by atoms with Crippen LogP contribution in [0.15, 0.2) is 42.5 Å². The SMILES string of the molecule is CCN(CC)CCN(C(=O)Cc1ccccc1)c1nc2c(C)cc(Cl)cc2s1. The Balaban J connectivity index is 1.91. The molecule has 1 amide bonds. The molecule has 28 heavy (non-hydrogen) atoms. The first-order valence-electron chi connectivity index (χ1n) is 9.65. The number of halogens is 1. The minimum Gasteiger partial charge on any atom is -0.302 e. The quantitative estimate of drug-likeness (QED) is 0.508. The number of benzene rings is 2. The van der Waals surface area contributed by atoms with Gasteiger partial charge in [0.2, 0.25) is 5.91 Å². The van der Waals surface area contributed by atoms with Gasteiger partial charge in [0.25, 0.3) is 0 Å². The molecule has 0 radical (unpaired) electrons. The number of aryl methyl sites for hydroxylation is 1. The lowest BCUT2D eigenvalue weighted by Crippen LogP contribution is -2.39. The number of anilines is 1. The Kier molecular flexibility index (Phi) is 7.05. The predicted molar refractivity (Wildman–Crippen MR) is 120 cm³/mol. The van der Waals surface area contributed by atoms with Crippen LogP contribution in [0.5, 0.6) is 0 Å². The first-order valence-corrected chi connectivity index (χ1v) is 10.8. The van der Waals surface area contributed by atoms with E-state index < -0.39 is 0 Å². The van der Waals surface area contributed by atoms with E-state index in [4.69, 9.17) is 16.6 Å². The number of likely N-dealkylation sites (N-methyl/N-ethyl adjacent to an activating group) is 1. The van der Waals surface area contributed by atoms with Crippen LogP contribution in [0, 0.1) is 6.92 Å². The molecule has 1 heterocycles. The number of hydrogen-bond acceptors (Lipinski definition) is 4. The maximum atomic E-state index is 13.2. The summed E-state index contributed by atoms with van der Waals surface area (Å²) >= 11 is 7.75. The van der Waals surface area contributed by atoms with Crippen LogP contribution >= 0.6 is 22.9 Å². The van der Waals surface area contributed by atoms with Crippen molar-refractivity contribution in [3.05, 3.63) is 58.6 Å². The average molecular weight is 416 g/mol. The van der Waals surface area contributed by atoms with Gasteiger partial charge in [-0.1, -0.05) is 67.1 Å². The van der Waals surface area contributed by atoms with Crippen LogP contribution in [-0.2, 0) is 11.2 Å². The molecule has 1 aromatic heterocycles. The van der Waals surface area contributed by atoms with Crippen LogP contribution < -0.4 is 4.90 Å². The lowest BCUT2D eigenvalue weighted by atomic mass is 10.1. The molecule has 0 saturated carbocycles. The molecule has 148 valence electrons. The minimum absolute atomic E-state index is 0.0705. The van der Waals surface area contributed by atoms with E-state index in [9.17, 15) is 4.79 Å². The first kappa shape index (κ1) is 20.8. The monoisotopic (exact) mass is 415 g/mol. The smallest absolute Gasteiger partial charge is 0.233 e. The molecular weight excluding hydrogens is 390 g/mol. The molecule has 0 fully saturated rings. The van der Waals surface area contributed by atoms with Crippen molar-refractivity contribution < 1.29 is 4.79 Å². The summed E-state index contributed by atoms with van der Waals surface area (Å²) in [4.78, 5) is 22.1. The predicted octanol–water partition coefficient (Wildman–Crippen LogP) is 5.18. The normalized spacial score (nSPS) is 11.3. The van der Waals surface area contributed by atoms with Gasteiger partial charge in [0.05, 0.1) is 16.6 Å². The van der Waals surface area contributed by atoms with E-state index in [1.807, 2.05) is 54.3 Å². The summed E-state index contributed by atoms with van der Waals surface area (Å²) in [6.45, 7) is 9.66. The van der Waals surface area contributed by atoms with Crippen molar-refractivity contribution in [2.45, 2.75) is 27.2 Å². The van der Waals surface area contributed by atoms with Crippen LogP contribution in [0.1, 0.15) is 25.0 Å². The Morgan fingerprint density at radius 1 is 1.11 bits per heavy atom. The van der Waals surface area contributed by atoms with Gasteiger partial charge in [-0.05, 0) is 43.3 Å². The molecule has 0 aliphatic carbocycles. The molecule has 6 heteroatoms. The van der Waals surface area contributed by atoms with Gasteiger partial charge in [0.15, 0.2) is 5.13 Å². The van der Waals surface area contributed by atoms with Crippen molar-refractivity contribution >= 4 is 44.2 Å². The highest BCUT2D eigenvalue weighted by Gasteiger charge is 2.21. The maximum Gasteiger partial charge on any atom is 0.233 e. The second-order valence-electron chi connectivity index (χ2n) is 6.80. The number of nitrogens with zero attached hydrogens (tertiary/aromatic N) is 3. The fraction of sp³-hybridized carbons (Fsp3) is 0.364. The van der Waals surface area contributed by atoms with E-state index in [0.717, 1.165) is 46.1 Å². The summed E-state index contributed by atoms with van der Waals surface area (Å²) in [5.74, 6) is 0.0705. The summed E-state index contributed by atoms with van der Waals surface area (Å²) in [5.41, 5.74) is 2.97. The van der Waals surface area contributed by atoms with Gasteiger partial charge < -0.3 is 4.90 Å². The topological polar surface area (TPSA) is 36.4 Å². The van der Waals surface area contributed by atoms with Crippen LogP contribution in [-0.4, -0.2) is 42.0 Å². The number of aromatic nitrogens is 1. The summed E-state index contributed by atoms with van der Waals surface area (Å²) < 4.78 is 1.01. The Morgan fingerprint density at radius 2 is 1.82 bits per heavy atom. The number of amides is 1. The maximum absolute atomic E-state index is 13.2. The van der Waals surface area contributed by atoms with E-state index >= 15 is 0 Å². The number of fused-ring (bicyclic) bond motifs is 1. The highest BCUT2D eigenvalue weighted by Crippen LogP contribution is 2.33. The van der Waals surface area contributed by atoms with E-state index in [2.05, 4.69) is 18.7 Å². The fourth-order valence-corrected chi connectivity index (χ4v) is 4.70. The second-order valence-corrected chi connectivity index (χ2v) is 8.25. The van der Waals surface area contributed by atoms with Gasteiger partial charge in [0, 0.05) is 18.1 Å². The average Bonchev–Trinajstić information content (AvgIpc) is 3.10. The third-order valence-electron chi connectivity index (χ3n) is 4.90. The highest BCUT2D eigenvalue weighted by atomic mass is 35.5. The molecule has 2 aromatic carbocycles. The number of rotatable bonds is 8. The van der Waals surface area contributed by atoms with Crippen LogP contribution in [0.3, 0.4) is 0 Å². The van der Waals surface area contributed by atoms with Crippen molar-refractivity contribution in [1.29, 1.82) is 0 Å². The van der Waals surface area contributed by atoms with E-state index in [-0.39, 0.29) is 5.91 Å². The molecular formula is C22H26ClN3OS. The van der Waals surface area contributed by atoms with Crippen molar-refractivity contribution in [2.75, 3.05) is 31.1 Å². The van der Waals surface area contributed by atoms with Crippen LogP contribution in [0.2, 0.25) is 5.02 Å². The number of carbonyl (C=O) groups is 1. The molecule has 0 unspecified atom stereocenters. The molecule has 0 atom stereocenters. The zero-order chi connectivity index (χ0) is 20.1. The Morgan fingerprint density at radius 3 is 2.50 bits per heavy atom. The third kappa shape index (κ3) is 4.90. The number of hydrogen-bond donors (Lipinski definition) is 0. The fourth-order valence-electron chi connectivity index (χ4n) is 3.23. The Labute approximate surface area is 175 Å². The van der Waals surface area contributed by atoms with Gasteiger partial charge in [-0.3, -0.25) is 9.69 Å². The zero-order valence-corrected chi connectivity index (χ0v) is 18.2.